The standard InChI is InChI=1S/C21H23BrFNO3/c1-14(13-27-21(26)11-10-20(24)25)2-3-15-4-6-16(7-5-15)18-9-8-17(22)12-19(18)23/h4-9,12,14H,2-3,10-11,13H2,1H3,(H2,24,25). The monoisotopic (exact) mass is 435 g/mol. The molecule has 0 bridgehead atoms. The van der Waals surface area contributed by atoms with Crippen LogP contribution in [0.3, 0.4) is 0 Å². The van der Waals surface area contributed by atoms with Crippen LogP contribution in [0.25, 0.3) is 11.1 Å². The molecule has 0 aliphatic rings. The van der Waals surface area contributed by atoms with Gasteiger partial charge in [0.25, 0.3) is 0 Å². The Labute approximate surface area is 167 Å². The van der Waals surface area contributed by atoms with Crippen molar-refractivity contribution in [2.45, 2.75) is 32.6 Å². The number of carbonyl (C=O) groups excluding carboxylic acids is 2. The van der Waals surface area contributed by atoms with E-state index in [1.54, 1.807) is 6.07 Å². The Morgan fingerprint density at radius 1 is 1.15 bits per heavy atom. The summed E-state index contributed by atoms with van der Waals surface area (Å²) in [5.41, 5.74) is 7.55. The molecule has 2 aromatic rings. The highest BCUT2D eigenvalue weighted by Crippen LogP contribution is 2.26. The van der Waals surface area contributed by atoms with Crippen molar-refractivity contribution >= 4 is 27.8 Å². The van der Waals surface area contributed by atoms with Crippen LogP contribution in [0.5, 0.6) is 0 Å². The van der Waals surface area contributed by atoms with Crippen LogP contribution in [0.4, 0.5) is 4.39 Å². The van der Waals surface area contributed by atoms with Crippen LogP contribution in [-0.4, -0.2) is 18.5 Å². The zero-order valence-electron chi connectivity index (χ0n) is 15.2. The number of rotatable bonds is 9. The third-order valence-electron chi connectivity index (χ3n) is 4.23. The second kappa shape index (κ2) is 10.2. The smallest absolute Gasteiger partial charge is 0.306 e. The fraction of sp³-hybridized carbons (Fsp3) is 0.333. The zero-order valence-corrected chi connectivity index (χ0v) is 16.8. The fourth-order valence-corrected chi connectivity index (χ4v) is 2.94. The minimum Gasteiger partial charge on any atom is -0.465 e. The van der Waals surface area contributed by atoms with Gasteiger partial charge < -0.3 is 10.5 Å². The van der Waals surface area contributed by atoms with Gasteiger partial charge in [0.1, 0.15) is 5.82 Å². The molecule has 4 nitrogen and oxygen atoms in total. The van der Waals surface area contributed by atoms with E-state index >= 15 is 0 Å². The van der Waals surface area contributed by atoms with Crippen molar-refractivity contribution in [2.75, 3.05) is 6.61 Å². The molecule has 0 radical (unpaired) electrons. The lowest BCUT2D eigenvalue weighted by molar-refractivity contribution is -0.146. The Hall–Kier alpha value is -2.21. The highest BCUT2D eigenvalue weighted by atomic mass is 79.9. The Kier molecular flexibility index (Phi) is 7.98. The maximum Gasteiger partial charge on any atom is 0.306 e. The van der Waals surface area contributed by atoms with Crippen molar-refractivity contribution in [3.8, 4) is 11.1 Å². The van der Waals surface area contributed by atoms with Crippen molar-refractivity contribution < 1.29 is 18.7 Å². The lowest BCUT2D eigenvalue weighted by Gasteiger charge is -2.12. The van der Waals surface area contributed by atoms with Gasteiger partial charge in [0.15, 0.2) is 0 Å². The number of halogens is 2. The number of hydrogen-bond acceptors (Lipinski definition) is 3. The average molecular weight is 436 g/mol. The maximum absolute atomic E-state index is 14.0. The molecule has 27 heavy (non-hydrogen) atoms. The van der Waals surface area contributed by atoms with Gasteiger partial charge in [-0.2, -0.15) is 0 Å². The summed E-state index contributed by atoms with van der Waals surface area (Å²) in [5.74, 6) is -0.969. The Morgan fingerprint density at radius 2 is 1.85 bits per heavy atom. The van der Waals surface area contributed by atoms with Crippen molar-refractivity contribution in [1.29, 1.82) is 0 Å². The van der Waals surface area contributed by atoms with Crippen molar-refractivity contribution in [3.63, 3.8) is 0 Å². The summed E-state index contributed by atoms with van der Waals surface area (Å²) in [6, 6.07) is 12.8. The minimum absolute atomic E-state index is 0.0124. The molecule has 0 heterocycles. The highest BCUT2D eigenvalue weighted by molar-refractivity contribution is 9.10. The number of aryl methyl sites for hydroxylation is 1. The molecule has 1 unspecified atom stereocenters. The van der Waals surface area contributed by atoms with E-state index in [1.807, 2.05) is 37.3 Å². The van der Waals surface area contributed by atoms with Gasteiger partial charge in [-0.3, -0.25) is 9.59 Å². The van der Waals surface area contributed by atoms with Gasteiger partial charge in [-0.1, -0.05) is 53.2 Å². The molecule has 6 heteroatoms. The number of primary amides is 1. The third kappa shape index (κ3) is 7.13. The quantitative estimate of drug-likeness (QED) is 0.583. The molecule has 1 amide bonds. The summed E-state index contributed by atoms with van der Waals surface area (Å²) in [6.07, 6.45) is 1.73. The van der Waals surface area contributed by atoms with Gasteiger partial charge in [-0.25, -0.2) is 4.39 Å². The van der Waals surface area contributed by atoms with E-state index in [1.165, 1.54) is 6.07 Å². The number of ether oxygens (including phenoxy) is 1. The molecule has 1 atom stereocenters. The third-order valence-corrected chi connectivity index (χ3v) is 4.72. The van der Waals surface area contributed by atoms with E-state index in [0.29, 0.717) is 16.6 Å². The molecule has 0 fully saturated rings. The molecule has 0 aliphatic heterocycles. The van der Waals surface area contributed by atoms with Crippen LogP contribution >= 0.6 is 15.9 Å². The van der Waals surface area contributed by atoms with E-state index in [-0.39, 0.29) is 24.6 Å². The van der Waals surface area contributed by atoms with E-state index in [0.717, 1.165) is 24.0 Å². The summed E-state index contributed by atoms with van der Waals surface area (Å²) >= 11 is 3.26. The lowest BCUT2D eigenvalue weighted by atomic mass is 9.99. The molecule has 2 aromatic carbocycles. The van der Waals surface area contributed by atoms with E-state index < -0.39 is 11.9 Å². The van der Waals surface area contributed by atoms with E-state index in [2.05, 4.69) is 15.9 Å². The average Bonchev–Trinajstić information content (AvgIpc) is 2.63. The second-order valence-electron chi connectivity index (χ2n) is 6.61. The predicted molar refractivity (Wildman–Crippen MR) is 106 cm³/mol. The fourth-order valence-electron chi connectivity index (χ4n) is 2.60. The predicted octanol–water partition coefficient (Wildman–Crippen LogP) is 4.63. The van der Waals surface area contributed by atoms with Crippen molar-refractivity contribution in [1.82, 2.24) is 0 Å². The SMILES string of the molecule is CC(CCc1ccc(-c2ccc(Br)cc2F)cc1)COC(=O)CCC(N)=O. The van der Waals surface area contributed by atoms with E-state index in [4.69, 9.17) is 10.5 Å². The van der Waals surface area contributed by atoms with Gasteiger partial charge in [-0.05, 0) is 42.0 Å². The molecule has 0 spiro atoms. The first-order valence-corrected chi connectivity index (χ1v) is 9.62. The first-order valence-electron chi connectivity index (χ1n) is 8.83. The van der Waals surface area contributed by atoms with Gasteiger partial charge in [-0.15, -0.1) is 0 Å². The second-order valence-corrected chi connectivity index (χ2v) is 7.53. The molecule has 0 aliphatic carbocycles. The van der Waals surface area contributed by atoms with Crippen LogP contribution in [0, 0.1) is 11.7 Å². The molecule has 2 rings (SSSR count). The molecular formula is C21H23BrFNO3. The van der Waals surface area contributed by atoms with Gasteiger partial charge in [0, 0.05) is 16.5 Å². The summed E-state index contributed by atoms with van der Waals surface area (Å²) in [6.45, 7) is 2.33. The first-order chi connectivity index (χ1) is 12.8. The number of hydrogen-bond donors (Lipinski definition) is 1. The molecule has 144 valence electrons. The largest absolute Gasteiger partial charge is 0.465 e. The maximum atomic E-state index is 14.0. The highest BCUT2D eigenvalue weighted by Gasteiger charge is 2.10. The van der Waals surface area contributed by atoms with Crippen LogP contribution < -0.4 is 5.73 Å². The molecule has 0 saturated carbocycles. The number of nitrogens with two attached hydrogens (primary N) is 1. The summed E-state index contributed by atoms with van der Waals surface area (Å²) in [4.78, 5) is 22.1. The van der Waals surface area contributed by atoms with Crippen LogP contribution in [0.2, 0.25) is 0 Å². The van der Waals surface area contributed by atoms with Crippen LogP contribution in [0.15, 0.2) is 46.9 Å². The van der Waals surface area contributed by atoms with Gasteiger partial charge in [0.05, 0.1) is 13.0 Å². The summed E-state index contributed by atoms with van der Waals surface area (Å²) in [5, 5.41) is 0. The topological polar surface area (TPSA) is 69.4 Å². The molecular weight excluding hydrogens is 413 g/mol. The Balaban J connectivity index is 1.81. The number of esters is 1. The van der Waals surface area contributed by atoms with Crippen LogP contribution in [0.1, 0.15) is 31.7 Å². The Morgan fingerprint density at radius 3 is 2.48 bits per heavy atom. The molecule has 0 aromatic heterocycles. The normalized spacial score (nSPS) is 11.8. The zero-order chi connectivity index (χ0) is 19.8. The number of benzene rings is 2. The number of amides is 1. The van der Waals surface area contributed by atoms with Crippen molar-refractivity contribution in [3.05, 3.63) is 58.3 Å². The molecule has 0 saturated heterocycles. The summed E-state index contributed by atoms with van der Waals surface area (Å²) in [7, 11) is 0. The van der Waals surface area contributed by atoms with Gasteiger partial charge >= 0.3 is 5.97 Å². The Bertz CT molecular complexity index is 793. The minimum atomic E-state index is -0.508. The van der Waals surface area contributed by atoms with E-state index in [9.17, 15) is 14.0 Å². The number of carbonyl (C=O) groups is 2. The lowest BCUT2D eigenvalue weighted by Crippen LogP contribution is -2.16. The molecule has 2 N–H and O–H groups in total. The van der Waals surface area contributed by atoms with Gasteiger partial charge in [0.2, 0.25) is 5.91 Å². The summed E-state index contributed by atoms with van der Waals surface area (Å²) < 4.78 is 19.9. The van der Waals surface area contributed by atoms with Crippen LogP contribution in [-0.2, 0) is 20.7 Å². The van der Waals surface area contributed by atoms with Crippen molar-refractivity contribution in [2.24, 2.45) is 11.7 Å². The first kappa shape index (κ1) is 21.1.